The molecule has 0 spiro atoms. The maximum absolute atomic E-state index is 13.0. The molecule has 0 saturated heterocycles. The standard InChI is InChI=1S/C18H15FN6O2/c1-27-15-9(4-5-25-17(15)21-8-22-25)12-7-20-16-10(12)2-3-14(23-16)24-18(26)11-6-13(11)19/h2-5,7-8,11,13H,6H2,1H3,(H2,20,23,24,26)/t11-,13+/m1/s1. The van der Waals surface area contributed by atoms with Crippen LogP contribution >= 0.6 is 0 Å². The average molecular weight is 366 g/mol. The van der Waals surface area contributed by atoms with Crippen LogP contribution in [0.15, 0.2) is 36.9 Å². The number of nitrogens with zero attached hydrogens (tertiary/aromatic N) is 4. The number of aromatic amines is 1. The quantitative estimate of drug-likeness (QED) is 0.579. The molecule has 27 heavy (non-hydrogen) atoms. The maximum Gasteiger partial charge on any atom is 0.231 e. The smallest absolute Gasteiger partial charge is 0.231 e. The van der Waals surface area contributed by atoms with Crippen molar-refractivity contribution in [2.45, 2.75) is 12.6 Å². The molecule has 1 aliphatic carbocycles. The fraction of sp³-hybridized carbons (Fsp3) is 0.222. The first kappa shape index (κ1) is 15.7. The molecule has 1 saturated carbocycles. The van der Waals surface area contributed by atoms with Gasteiger partial charge in [-0.1, -0.05) is 0 Å². The summed E-state index contributed by atoms with van der Waals surface area (Å²) in [4.78, 5) is 23.7. The number of amides is 1. The minimum Gasteiger partial charge on any atom is -0.492 e. The molecule has 1 amide bonds. The Hall–Kier alpha value is -3.49. The molecular weight excluding hydrogens is 351 g/mol. The Kier molecular flexibility index (Phi) is 3.36. The zero-order chi connectivity index (χ0) is 18.5. The number of hydrogen-bond acceptors (Lipinski definition) is 5. The van der Waals surface area contributed by atoms with Crippen molar-refractivity contribution in [3.05, 3.63) is 36.9 Å². The van der Waals surface area contributed by atoms with E-state index in [1.54, 1.807) is 17.7 Å². The molecule has 1 fully saturated rings. The molecule has 0 bridgehead atoms. The molecule has 9 heteroatoms. The van der Waals surface area contributed by atoms with E-state index in [1.807, 2.05) is 24.5 Å². The predicted molar refractivity (Wildman–Crippen MR) is 96.3 cm³/mol. The highest BCUT2D eigenvalue weighted by molar-refractivity contribution is 5.99. The van der Waals surface area contributed by atoms with Gasteiger partial charge in [-0.3, -0.25) is 4.79 Å². The van der Waals surface area contributed by atoms with Gasteiger partial charge in [0.1, 0.15) is 24.0 Å². The van der Waals surface area contributed by atoms with Gasteiger partial charge in [-0.05, 0) is 24.6 Å². The topological polar surface area (TPSA) is 97.2 Å². The number of anilines is 1. The zero-order valence-electron chi connectivity index (χ0n) is 14.3. The molecule has 4 aromatic heterocycles. The maximum atomic E-state index is 13.0. The number of aromatic nitrogens is 5. The number of carbonyl (C=O) groups is 1. The zero-order valence-corrected chi connectivity index (χ0v) is 14.3. The molecule has 2 atom stereocenters. The van der Waals surface area contributed by atoms with E-state index >= 15 is 0 Å². The second kappa shape index (κ2) is 5.76. The van der Waals surface area contributed by atoms with Crippen molar-refractivity contribution in [3.63, 3.8) is 0 Å². The largest absolute Gasteiger partial charge is 0.492 e. The van der Waals surface area contributed by atoms with Gasteiger partial charge in [0.2, 0.25) is 5.91 Å². The molecule has 5 rings (SSSR count). The van der Waals surface area contributed by atoms with Gasteiger partial charge in [-0.2, -0.15) is 5.10 Å². The number of rotatable bonds is 4. The Balaban J connectivity index is 1.54. The molecule has 0 aliphatic heterocycles. The number of fused-ring (bicyclic) bond motifs is 2. The van der Waals surface area contributed by atoms with E-state index in [-0.39, 0.29) is 12.3 Å². The van der Waals surface area contributed by atoms with Crippen molar-refractivity contribution < 1.29 is 13.9 Å². The lowest BCUT2D eigenvalue weighted by atomic mass is 10.1. The first-order valence-corrected chi connectivity index (χ1v) is 8.45. The van der Waals surface area contributed by atoms with E-state index in [0.717, 1.165) is 16.5 Å². The summed E-state index contributed by atoms with van der Waals surface area (Å²) in [6.45, 7) is 0. The molecule has 4 aromatic rings. The third-order valence-electron chi connectivity index (χ3n) is 4.74. The molecule has 136 valence electrons. The van der Waals surface area contributed by atoms with Crippen molar-refractivity contribution >= 4 is 28.4 Å². The van der Waals surface area contributed by atoms with Gasteiger partial charge in [0, 0.05) is 28.9 Å². The number of methoxy groups -OCH3 is 1. The minimum atomic E-state index is -1.04. The second-order valence-electron chi connectivity index (χ2n) is 6.43. The highest BCUT2D eigenvalue weighted by Gasteiger charge is 2.43. The molecule has 0 unspecified atom stereocenters. The second-order valence-corrected chi connectivity index (χ2v) is 6.43. The first-order chi connectivity index (χ1) is 13.2. The summed E-state index contributed by atoms with van der Waals surface area (Å²) in [5.74, 6) is 0.108. The summed E-state index contributed by atoms with van der Waals surface area (Å²) >= 11 is 0. The number of H-pyrrole nitrogens is 1. The van der Waals surface area contributed by atoms with Gasteiger partial charge in [-0.15, -0.1) is 0 Å². The molecule has 0 radical (unpaired) electrons. The number of ether oxygens (including phenoxy) is 1. The van der Waals surface area contributed by atoms with E-state index in [9.17, 15) is 9.18 Å². The number of nitrogens with one attached hydrogen (secondary N) is 2. The highest BCUT2D eigenvalue weighted by atomic mass is 19.1. The molecule has 4 heterocycles. The van der Waals surface area contributed by atoms with Crippen LogP contribution in [0.25, 0.3) is 27.8 Å². The lowest BCUT2D eigenvalue weighted by molar-refractivity contribution is -0.117. The van der Waals surface area contributed by atoms with E-state index in [1.165, 1.54) is 6.33 Å². The lowest BCUT2D eigenvalue weighted by Gasteiger charge is -2.09. The van der Waals surface area contributed by atoms with Crippen molar-refractivity contribution in [2.24, 2.45) is 5.92 Å². The molecule has 0 aromatic carbocycles. The van der Waals surface area contributed by atoms with E-state index in [4.69, 9.17) is 4.74 Å². The summed E-state index contributed by atoms with van der Waals surface area (Å²) in [5, 5.41) is 7.64. The van der Waals surface area contributed by atoms with Gasteiger partial charge < -0.3 is 15.0 Å². The van der Waals surface area contributed by atoms with Crippen molar-refractivity contribution in [1.82, 2.24) is 24.6 Å². The van der Waals surface area contributed by atoms with E-state index in [0.29, 0.717) is 22.9 Å². The van der Waals surface area contributed by atoms with Gasteiger partial charge in [0.25, 0.3) is 0 Å². The third kappa shape index (κ3) is 2.50. The van der Waals surface area contributed by atoms with Crippen LogP contribution in [0.4, 0.5) is 10.2 Å². The predicted octanol–water partition coefficient (Wildman–Crippen LogP) is 2.58. The Morgan fingerprint density at radius 3 is 3.00 bits per heavy atom. The lowest BCUT2D eigenvalue weighted by Crippen LogP contribution is -2.15. The van der Waals surface area contributed by atoms with Crippen LogP contribution in [-0.4, -0.2) is 43.8 Å². The van der Waals surface area contributed by atoms with Crippen molar-refractivity contribution in [3.8, 4) is 16.9 Å². The van der Waals surface area contributed by atoms with Crippen LogP contribution < -0.4 is 10.1 Å². The van der Waals surface area contributed by atoms with Crippen LogP contribution in [0.1, 0.15) is 6.42 Å². The summed E-state index contributed by atoms with van der Waals surface area (Å²) in [7, 11) is 1.59. The highest BCUT2D eigenvalue weighted by Crippen LogP contribution is 2.37. The monoisotopic (exact) mass is 366 g/mol. The van der Waals surface area contributed by atoms with Crippen molar-refractivity contribution in [2.75, 3.05) is 12.4 Å². The Morgan fingerprint density at radius 1 is 1.37 bits per heavy atom. The summed E-state index contributed by atoms with van der Waals surface area (Å²) < 4.78 is 20.2. The van der Waals surface area contributed by atoms with Crippen LogP contribution in [0.3, 0.4) is 0 Å². The van der Waals surface area contributed by atoms with Gasteiger partial charge >= 0.3 is 0 Å². The van der Waals surface area contributed by atoms with Crippen LogP contribution in [-0.2, 0) is 4.79 Å². The van der Waals surface area contributed by atoms with E-state index < -0.39 is 12.1 Å². The van der Waals surface area contributed by atoms with Crippen LogP contribution in [0.5, 0.6) is 5.75 Å². The summed E-state index contributed by atoms with van der Waals surface area (Å²) in [6, 6.07) is 5.46. The molecule has 8 nitrogen and oxygen atoms in total. The van der Waals surface area contributed by atoms with E-state index in [2.05, 4.69) is 25.4 Å². The fourth-order valence-corrected chi connectivity index (χ4v) is 3.23. The number of pyridine rings is 2. The number of carbonyl (C=O) groups excluding carboxylic acids is 1. The normalized spacial score (nSPS) is 18.7. The van der Waals surface area contributed by atoms with Gasteiger partial charge in [0.15, 0.2) is 11.4 Å². The SMILES string of the molecule is COc1c(-c2c[nH]c3nc(NC(=O)[C@@H]4C[C@@H]4F)ccc23)ccn2ncnc12. The van der Waals surface area contributed by atoms with Gasteiger partial charge in [-0.25, -0.2) is 18.9 Å². The van der Waals surface area contributed by atoms with Gasteiger partial charge in [0.05, 0.1) is 13.0 Å². The minimum absolute atomic E-state index is 0.283. The van der Waals surface area contributed by atoms with Crippen LogP contribution in [0, 0.1) is 5.92 Å². The first-order valence-electron chi connectivity index (χ1n) is 8.45. The third-order valence-corrected chi connectivity index (χ3v) is 4.74. The summed E-state index contributed by atoms with van der Waals surface area (Å²) in [6.07, 6.45) is 4.35. The average Bonchev–Trinajstić information content (AvgIpc) is 3.07. The Morgan fingerprint density at radius 2 is 2.22 bits per heavy atom. The molecular formula is C18H15FN6O2. The number of alkyl halides is 1. The molecule has 2 N–H and O–H groups in total. The van der Waals surface area contributed by atoms with Crippen molar-refractivity contribution in [1.29, 1.82) is 0 Å². The summed E-state index contributed by atoms with van der Waals surface area (Å²) in [5.41, 5.74) is 2.97. The fourth-order valence-electron chi connectivity index (χ4n) is 3.23. The Bertz CT molecular complexity index is 1180. The van der Waals surface area contributed by atoms with Crippen LogP contribution in [0.2, 0.25) is 0 Å². The molecule has 1 aliphatic rings. The number of halogens is 1. The Labute approximate surface area is 152 Å². The number of hydrogen-bond donors (Lipinski definition) is 2.